The number of halogens is 3. The van der Waals surface area contributed by atoms with Crippen molar-refractivity contribution < 1.29 is 18.3 Å². The van der Waals surface area contributed by atoms with Gasteiger partial charge in [-0.15, -0.1) is 0 Å². The standard InChI is InChI=1S/C16H13F3O/c17-16(18,19)14-8-6-13(7-9-14)15(10-11-20)12-4-2-1-3-5-12/h1-10,20H,11H2. The van der Waals surface area contributed by atoms with E-state index in [4.69, 9.17) is 5.11 Å². The molecule has 0 aliphatic rings. The largest absolute Gasteiger partial charge is 0.416 e. The van der Waals surface area contributed by atoms with E-state index in [1.807, 2.05) is 30.3 Å². The number of benzene rings is 2. The van der Waals surface area contributed by atoms with Gasteiger partial charge in [0.15, 0.2) is 0 Å². The molecule has 0 aliphatic heterocycles. The monoisotopic (exact) mass is 278 g/mol. The molecule has 0 aliphatic carbocycles. The number of aliphatic hydroxyl groups is 1. The van der Waals surface area contributed by atoms with Crippen molar-refractivity contribution in [3.63, 3.8) is 0 Å². The molecule has 0 bridgehead atoms. The van der Waals surface area contributed by atoms with Gasteiger partial charge in [0.05, 0.1) is 12.2 Å². The number of hydrogen-bond acceptors (Lipinski definition) is 1. The van der Waals surface area contributed by atoms with Crippen LogP contribution in [0.2, 0.25) is 0 Å². The van der Waals surface area contributed by atoms with Crippen molar-refractivity contribution in [2.75, 3.05) is 6.61 Å². The topological polar surface area (TPSA) is 20.2 Å². The predicted molar refractivity (Wildman–Crippen MR) is 72.1 cm³/mol. The lowest BCUT2D eigenvalue weighted by Gasteiger charge is -2.11. The minimum Gasteiger partial charge on any atom is -0.392 e. The molecule has 0 atom stereocenters. The fourth-order valence-corrected chi connectivity index (χ4v) is 1.95. The van der Waals surface area contributed by atoms with Crippen LogP contribution in [0.25, 0.3) is 5.57 Å². The van der Waals surface area contributed by atoms with E-state index >= 15 is 0 Å². The third-order valence-electron chi connectivity index (χ3n) is 2.90. The Morgan fingerprint density at radius 1 is 0.900 bits per heavy atom. The molecule has 0 spiro atoms. The van der Waals surface area contributed by atoms with E-state index in [-0.39, 0.29) is 6.61 Å². The van der Waals surface area contributed by atoms with Gasteiger partial charge in [-0.2, -0.15) is 13.2 Å². The first-order chi connectivity index (χ1) is 9.52. The smallest absolute Gasteiger partial charge is 0.392 e. The van der Waals surface area contributed by atoms with Crippen molar-refractivity contribution >= 4 is 5.57 Å². The van der Waals surface area contributed by atoms with E-state index in [9.17, 15) is 13.2 Å². The summed E-state index contributed by atoms with van der Waals surface area (Å²) in [5.74, 6) is 0. The fourth-order valence-electron chi connectivity index (χ4n) is 1.95. The average Bonchev–Trinajstić information content (AvgIpc) is 2.45. The van der Waals surface area contributed by atoms with Gasteiger partial charge < -0.3 is 5.11 Å². The Morgan fingerprint density at radius 2 is 1.45 bits per heavy atom. The van der Waals surface area contributed by atoms with Gasteiger partial charge in [0.2, 0.25) is 0 Å². The minimum absolute atomic E-state index is 0.175. The highest BCUT2D eigenvalue weighted by atomic mass is 19.4. The third-order valence-corrected chi connectivity index (χ3v) is 2.90. The average molecular weight is 278 g/mol. The number of rotatable bonds is 3. The van der Waals surface area contributed by atoms with E-state index in [1.165, 1.54) is 12.1 Å². The lowest BCUT2D eigenvalue weighted by atomic mass is 9.97. The molecule has 20 heavy (non-hydrogen) atoms. The predicted octanol–water partition coefficient (Wildman–Crippen LogP) is 4.13. The fraction of sp³-hybridized carbons (Fsp3) is 0.125. The van der Waals surface area contributed by atoms with Gasteiger partial charge in [-0.05, 0) is 28.8 Å². The number of aliphatic hydroxyl groups excluding tert-OH is 1. The van der Waals surface area contributed by atoms with Gasteiger partial charge in [-0.1, -0.05) is 48.5 Å². The molecule has 1 nitrogen and oxygen atoms in total. The second-order valence-corrected chi connectivity index (χ2v) is 4.24. The molecule has 0 aromatic heterocycles. The van der Waals surface area contributed by atoms with Gasteiger partial charge in [0.25, 0.3) is 0 Å². The molecule has 2 rings (SSSR count). The Labute approximate surface area is 115 Å². The molecule has 0 saturated carbocycles. The van der Waals surface area contributed by atoms with Crippen LogP contribution in [0.3, 0.4) is 0 Å². The maximum atomic E-state index is 12.5. The molecule has 104 valence electrons. The number of hydrogen-bond donors (Lipinski definition) is 1. The van der Waals surface area contributed by atoms with Crippen LogP contribution < -0.4 is 0 Å². The zero-order valence-electron chi connectivity index (χ0n) is 10.6. The summed E-state index contributed by atoms with van der Waals surface area (Å²) in [4.78, 5) is 0. The molecular weight excluding hydrogens is 265 g/mol. The van der Waals surface area contributed by atoms with Crippen LogP contribution in [0, 0.1) is 0 Å². The van der Waals surface area contributed by atoms with Crippen molar-refractivity contribution in [1.82, 2.24) is 0 Å². The summed E-state index contributed by atoms with van der Waals surface area (Å²) >= 11 is 0. The SMILES string of the molecule is OCC=C(c1ccccc1)c1ccc(C(F)(F)F)cc1. The molecule has 0 fully saturated rings. The third kappa shape index (κ3) is 3.27. The van der Waals surface area contributed by atoms with Crippen LogP contribution in [-0.4, -0.2) is 11.7 Å². The first-order valence-corrected chi connectivity index (χ1v) is 6.06. The van der Waals surface area contributed by atoms with Crippen molar-refractivity contribution in [2.24, 2.45) is 0 Å². The molecule has 0 unspecified atom stereocenters. The van der Waals surface area contributed by atoms with E-state index in [0.717, 1.165) is 17.7 Å². The zero-order chi connectivity index (χ0) is 14.6. The molecule has 0 radical (unpaired) electrons. The first-order valence-electron chi connectivity index (χ1n) is 6.06. The molecule has 0 saturated heterocycles. The summed E-state index contributed by atoms with van der Waals surface area (Å²) < 4.78 is 37.6. The Bertz CT molecular complexity index is 583. The summed E-state index contributed by atoms with van der Waals surface area (Å²) in [5.41, 5.74) is 1.51. The Balaban J connectivity index is 2.39. The molecule has 2 aromatic rings. The van der Waals surface area contributed by atoms with Crippen LogP contribution in [0.1, 0.15) is 16.7 Å². The Hall–Kier alpha value is -2.07. The normalized spacial score (nSPS) is 12.5. The molecule has 4 heteroatoms. The zero-order valence-corrected chi connectivity index (χ0v) is 10.6. The van der Waals surface area contributed by atoms with Gasteiger partial charge in [0.1, 0.15) is 0 Å². The van der Waals surface area contributed by atoms with E-state index < -0.39 is 11.7 Å². The van der Waals surface area contributed by atoms with Crippen molar-refractivity contribution in [3.8, 4) is 0 Å². The van der Waals surface area contributed by atoms with Gasteiger partial charge >= 0.3 is 6.18 Å². The highest BCUT2D eigenvalue weighted by Crippen LogP contribution is 2.31. The summed E-state index contributed by atoms with van der Waals surface area (Å²) in [6.07, 6.45) is -2.76. The summed E-state index contributed by atoms with van der Waals surface area (Å²) in [6.45, 7) is -0.175. The highest BCUT2D eigenvalue weighted by molar-refractivity contribution is 5.79. The maximum Gasteiger partial charge on any atom is 0.416 e. The lowest BCUT2D eigenvalue weighted by molar-refractivity contribution is -0.137. The summed E-state index contributed by atoms with van der Waals surface area (Å²) in [6, 6.07) is 14.1. The first kappa shape index (κ1) is 14.3. The minimum atomic E-state index is -4.34. The maximum absolute atomic E-state index is 12.5. The van der Waals surface area contributed by atoms with Crippen LogP contribution in [0.15, 0.2) is 60.7 Å². The highest BCUT2D eigenvalue weighted by Gasteiger charge is 2.30. The lowest BCUT2D eigenvalue weighted by Crippen LogP contribution is -2.04. The Kier molecular flexibility index (Phi) is 4.25. The van der Waals surface area contributed by atoms with Gasteiger partial charge in [0, 0.05) is 0 Å². The van der Waals surface area contributed by atoms with E-state index in [2.05, 4.69) is 0 Å². The Morgan fingerprint density at radius 3 is 1.95 bits per heavy atom. The molecule has 0 heterocycles. The van der Waals surface area contributed by atoms with E-state index in [0.29, 0.717) is 11.1 Å². The van der Waals surface area contributed by atoms with E-state index in [1.54, 1.807) is 6.08 Å². The second-order valence-electron chi connectivity index (χ2n) is 4.24. The van der Waals surface area contributed by atoms with Crippen molar-refractivity contribution in [3.05, 3.63) is 77.4 Å². The van der Waals surface area contributed by atoms with Crippen LogP contribution in [-0.2, 0) is 6.18 Å². The van der Waals surface area contributed by atoms with Crippen molar-refractivity contribution in [1.29, 1.82) is 0 Å². The van der Waals surface area contributed by atoms with Crippen LogP contribution >= 0.6 is 0 Å². The quantitative estimate of drug-likeness (QED) is 0.895. The van der Waals surface area contributed by atoms with Crippen LogP contribution in [0.4, 0.5) is 13.2 Å². The summed E-state index contributed by atoms with van der Waals surface area (Å²) in [5, 5.41) is 9.09. The number of alkyl halides is 3. The molecular formula is C16H13F3O. The molecule has 1 N–H and O–H groups in total. The molecule has 0 amide bonds. The van der Waals surface area contributed by atoms with Crippen molar-refractivity contribution in [2.45, 2.75) is 6.18 Å². The molecule has 2 aromatic carbocycles. The second kappa shape index (κ2) is 5.92. The summed E-state index contributed by atoms with van der Waals surface area (Å²) in [7, 11) is 0. The van der Waals surface area contributed by atoms with Gasteiger partial charge in [-0.25, -0.2) is 0 Å². The van der Waals surface area contributed by atoms with Gasteiger partial charge in [-0.3, -0.25) is 0 Å². The van der Waals surface area contributed by atoms with Crippen LogP contribution in [0.5, 0.6) is 0 Å².